The Balaban J connectivity index is 2.32. The predicted octanol–water partition coefficient (Wildman–Crippen LogP) is 3.49. The third-order valence-electron chi connectivity index (χ3n) is 4.81. The van der Waals surface area contributed by atoms with Crippen LogP contribution >= 0.6 is 0 Å². The number of nitrogens with two attached hydrogens (primary N) is 1. The summed E-state index contributed by atoms with van der Waals surface area (Å²) in [5.41, 5.74) is 7.00. The molecule has 3 rings (SSSR count). The molecule has 3 aromatic rings. The van der Waals surface area contributed by atoms with Crippen molar-refractivity contribution in [2.75, 3.05) is 40.8 Å². The number of ketones is 1. The van der Waals surface area contributed by atoms with Gasteiger partial charge in [-0.15, -0.1) is 0 Å². The molecule has 0 aliphatic rings. The van der Waals surface area contributed by atoms with Gasteiger partial charge in [-0.2, -0.15) is 0 Å². The third-order valence-corrected chi connectivity index (χ3v) is 4.81. The Morgan fingerprint density at radius 3 is 2.06 bits per heavy atom. The average molecular weight is 428 g/mol. The Labute approximate surface area is 179 Å². The van der Waals surface area contributed by atoms with Crippen LogP contribution in [0.1, 0.15) is 23.0 Å². The number of carbonyl (C=O) groups excluding carboxylic acids is 2. The van der Waals surface area contributed by atoms with E-state index in [2.05, 4.69) is 0 Å². The zero-order chi connectivity index (χ0) is 22.7. The molecule has 9 nitrogen and oxygen atoms in total. The third kappa shape index (κ3) is 3.58. The van der Waals surface area contributed by atoms with E-state index >= 15 is 0 Å². The molecular formula is C22H24N2O7. The van der Waals surface area contributed by atoms with Crippen LogP contribution in [0, 0.1) is 0 Å². The van der Waals surface area contributed by atoms with Crippen LogP contribution in [0.4, 0.5) is 10.5 Å². The van der Waals surface area contributed by atoms with Crippen molar-refractivity contribution < 1.29 is 33.3 Å². The van der Waals surface area contributed by atoms with Crippen LogP contribution < -0.4 is 24.7 Å². The molecule has 0 bridgehead atoms. The van der Waals surface area contributed by atoms with Gasteiger partial charge in [0.25, 0.3) is 0 Å². The molecule has 0 saturated heterocycles. The fourth-order valence-electron chi connectivity index (χ4n) is 3.46. The smallest absolute Gasteiger partial charge is 0.419 e. The highest BCUT2D eigenvalue weighted by Crippen LogP contribution is 2.41. The van der Waals surface area contributed by atoms with Crippen LogP contribution in [0.15, 0.2) is 30.3 Å². The lowest BCUT2D eigenvalue weighted by Crippen LogP contribution is -2.20. The summed E-state index contributed by atoms with van der Waals surface area (Å²) in [7, 11) is 5.84. The van der Waals surface area contributed by atoms with Crippen LogP contribution in [0.25, 0.3) is 10.9 Å². The van der Waals surface area contributed by atoms with Crippen LogP contribution in [-0.4, -0.2) is 51.5 Å². The Morgan fingerprint density at radius 2 is 1.55 bits per heavy atom. The number of hydrogen-bond donors (Lipinski definition) is 1. The van der Waals surface area contributed by atoms with Crippen LogP contribution in [-0.2, 0) is 4.74 Å². The van der Waals surface area contributed by atoms with Crippen molar-refractivity contribution in [3.8, 4) is 23.0 Å². The largest absolute Gasteiger partial charge is 0.496 e. The molecule has 0 saturated carbocycles. The van der Waals surface area contributed by atoms with E-state index in [0.717, 1.165) is 4.57 Å². The van der Waals surface area contributed by atoms with Crippen molar-refractivity contribution >= 4 is 28.5 Å². The molecule has 1 heterocycles. The Hall–Kier alpha value is -3.88. The van der Waals surface area contributed by atoms with Crippen LogP contribution in [0.3, 0.4) is 0 Å². The summed E-state index contributed by atoms with van der Waals surface area (Å²) >= 11 is 0. The van der Waals surface area contributed by atoms with Gasteiger partial charge in [0.2, 0.25) is 11.5 Å². The first-order valence-electron chi connectivity index (χ1n) is 9.42. The second kappa shape index (κ2) is 8.86. The number of rotatable bonds is 7. The number of anilines is 1. The van der Waals surface area contributed by atoms with Crippen LogP contribution in [0.2, 0.25) is 0 Å². The molecule has 0 spiro atoms. The van der Waals surface area contributed by atoms with Crippen molar-refractivity contribution in [3.05, 3.63) is 41.6 Å². The maximum Gasteiger partial charge on any atom is 0.419 e. The maximum atomic E-state index is 13.6. The number of fused-ring (bicyclic) bond motifs is 1. The summed E-state index contributed by atoms with van der Waals surface area (Å²) in [6, 6.07) is 8.05. The zero-order valence-electron chi connectivity index (χ0n) is 18.0. The van der Waals surface area contributed by atoms with Crippen molar-refractivity contribution in [1.29, 1.82) is 0 Å². The first-order chi connectivity index (χ1) is 14.9. The van der Waals surface area contributed by atoms with E-state index in [0.29, 0.717) is 33.9 Å². The summed E-state index contributed by atoms with van der Waals surface area (Å²) in [5.74, 6) is 0.822. The number of hydrogen-bond acceptors (Lipinski definition) is 8. The number of nitrogens with zero attached hydrogens (tertiary/aromatic N) is 1. The maximum absolute atomic E-state index is 13.6. The topological polar surface area (TPSA) is 111 Å². The lowest BCUT2D eigenvalue weighted by Gasteiger charge is -2.14. The minimum atomic E-state index is -0.728. The number of ether oxygens (including phenoxy) is 5. The Bertz CT molecular complexity index is 1130. The van der Waals surface area contributed by atoms with Crippen molar-refractivity contribution in [1.82, 2.24) is 4.57 Å². The normalized spacial score (nSPS) is 10.6. The highest BCUT2D eigenvalue weighted by Gasteiger charge is 2.29. The second-order valence-electron chi connectivity index (χ2n) is 6.39. The van der Waals surface area contributed by atoms with Crippen LogP contribution in [0.5, 0.6) is 23.0 Å². The van der Waals surface area contributed by atoms with Gasteiger partial charge in [0, 0.05) is 5.56 Å². The first kappa shape index (κ1) is 21.8. The molecule has 164 valence electrons. The van der Waals surface area contributed by atoms with E-state index < -0.39 is 11.9 Å². The standard InChI is InChI=1S/C22H24N2O7/c1-6-31-22(26)24-13-8-7-9-14(27-2)17(13)18(23)19(24)20(25)12-10-15(28-3)21(30-5)16(11-12)29-4/h7-11H,6,23H2,1-5H3. The molecule has 1 aromatic heterocycles. The van der Waals surface area contributed by atoms with Crippen molar-refractivity contribution in [2.45, 2.75) is 6.92 Å². The van der Waals surface area contributed by atoms with E-state index in [1.165, 1.54) is 40.6 Å². The van der Waals surface area contributed by atoms with E-state index in [-0.39, 0.29) is 23.6 Å². The minimum absolute atomic E-state index is 0.0489. The summed E-state index contributed by atoms with van der Waals surface area (Å²) in [5, 5.41) is 0.439. The van der Waals surface area contributed by atoms with E-state index in [1.54, 1.807) is 25.1 Å². The summed E-state index contributed by atoms with van der Waals surface area (Å²) < 4.78 is 27.7. The SMILES string of the molecule is CCOC(=O)n1c(C(=O)c2cc(OC)c(OC)c(OC)c2)c(N)c2c(OC)cccc21. The van der Waals surface area contributed by atoms with Gasteiger partial charge in [-0.1, -0.05) is 6.07 Å². The van der Waals surface area contributed by atoms with Gasteiger partial charge in [-0.05, 0) is 31.2 Å². The lowest BCUT2D eigenvalue weighted by atomic mass is 10.0. The van der Waals surface area contributed by atoms with Gasteiger partial charge in [-0.25, -0.2) is 9.36 Å². The van der Waals surface area contributed by atoms with Gasteiger partial charge < -0.3 is 29.4 Å². The second-order valence-corrected chi connectivity index (χ2v) is 6.39. The number of benzene rings is 2. The minimum Gasteiger partial charge on any atom is -0.496 e. The molecule has 9 heteroatoms. The molecule has 0 fully saturated rings. The highest BCUT2D eigenvalue weighted by molar-refractivity contribution is 6.19. The molecule has 0 amide bonds. The molecule has 0 atom stereocenters. The molecule has 0 aliphatic heterocycles. The number of carbonyl (C=O) groups is 2. The summed E-state index contributed by atoms with van der Waals surface area (Å²) in [6.45, 7) is 1.80. The molecule has 31 heavy (non-hydrogen) atoms. The highest BCUT2D eigenvalue weighted by atomic mass is 16.5. The number of nitrogen functional groups attached to an aromatic ring is 1. The Morgan fingerprint density at radius 1 is 0.935 bits per heavy atom. The van der Waals surface area contributed by atoms with Gasteiger partial charge in [0.05, 0.1) is 51.6 Å². The van der Waals surface area contributed by atoms with Crippen molar-refractivity contribution in [3.63, 3.8) is 0 Å². The quantitative estimate of drug-likeness (QED) is 0.569. The number of aromatic nitrogens is 1. The van der Waals surface area contributed by atoms with E-state index in [9.17, 15) is 9.59 Å². The first-order valence-corrected chi connectivity index (χ1v) is 9.42. The number of methoxy groups -OCH3 is 4. The monoisotopic (exact) mass is 428 g/mol. The molecule has 2 aromatic carbocycles. The summed E-state index contributed by atoms with van der Waals surface area (Å²) in [4.78, 5) is 26.4. The predicted molar refractivity (Wildman–Crippen MR) is 115 cm³/mol. The van der Waals surface area contributed by atoms with Gasteiger partial charge >= 0.3 is 6.09 Å². The molecule has 0 radical (unpaired) electrons. The zero-order valence-corrected chi connectivity index (χ0v) is 18.0. The van der Waals surface area contributed by atoms with E-state index in [4.69, 9.17) is 29.4 Å². The average Bonchev–Trinajstić information content (AvgIpc) is 3.10. The fraction of sp³-hybridized carbons (Fsp3) is 0.273. The fourth-order valence-corrected chi connectivity index (χ4v) is 3.46. The Kier molecular flexibility index (Phi) is 6.24. The van der Waals surface area contributed by atoms with Crippen molar-refractivity contribution in [2.24, 2.45) is 0 Å². The lowest BCUT2D eigenvalue weighted by molar-refractivity contribution is 0.102. The van der Waals surface area contributed by atoms with Gasteiger partial charge in [0.15, 0.2) is 11.5 Å². The molecule has 0 unspecified atom stereocenters. The summed E-state index contributed by atoms with van der Waals surface area (Å²) in [6.07, 6.45) is -0.728. The molecule has 0 aliphatic carbocycles. The van der Waals surface area contributed by atoms with Gasteiger partial charge in [0.1, 0.15) is 11.4 Å². The van der Waals surface area contributed by atoms with Gasteiger partial charge in [-0.3, -0.25) is 4.79 Å². The van der Waals surface area contributed by atoms with E-state index in [1.807, 2.05) is 0 Å². The molecular weight excluding hydrogens is 404 g/mol. The molecule has 2 N–H and O–H groups in total.